The Morgan fingerprint density at radius 1 is 0.571 bits per heavy atom. The van der Waals surface area contributed by atoms with E-state index in [1.165, 1.54) is 11.1 Å². The molecular weight excluding hydrogens is 254 g/mol. The van der Waals surface area contributed by atoms with Gasteiger partial charge < -0.3 is 5.32 Å². The van der Waals surface area contributed by atoms with Crippen LogP contribution in [-0.4, -0.2) is 0 Å². The molecule has 0 radical (unpaired) electrons. The Kier molecular flexibility index (Phi) is 4.02. The molecule has 3 aromatic rings. The van der Waals surface area contributed by atoms with E-state index in [1.54, 1.807) is 0 Å². The molecule has 3 aromatic carbocycles. The third kappa shape index (κ3) is 3.32. The summed E-state index contributed by atoms with van der Waals surface area (Å²) in [7, 11) is 0. The van der Waals surface area contributed by atoms with Crippen LogP contribution in [0.5, 0.6) is 0 Å². The fraction of sp³-hybridized carbons (Fsp3) is 0.100. The predicted molar refractivity (Wildman–Crippen MR) is 90.1 cm³/mol. The molecule has 0 unspecified atom stereocenters. The molecule has 3 rings (SSSR count). The first-order valence-corrected chi connectivity index (χ1v) is 7.30. The van der Waals surface area contributed by atoms with Gasteiger partial charge in [-0.15, -0.1) is 0 Å². The Hall–Kier alpha value is -2.54. The highest BCUT2D eigenvalue weighted by Crippen LogP contribution is 2.25. The van der Waals surface area contributed by atoms with Crippen molar-refractivity contribution in [3.8, 4) is 0 Å². The van der Waals surface area contributed by atoms with Crippen molar-refractivity contribution in [2.24, 2.45) is 0 Å². The molecule has 0 saturated heterocycles. The van der Waals surface area contributed by atoms with Crippen LogP contribution in [0.1, 0.15) is 24.0 Å². The molecule has 0 aliphatic carbocycles. The van der Waals surface area contributed by atoms with Gasteiger partial charge in [-0.2, -0.15) is 0 Å². The van der Waals surface area contributed by atoms with Crippen LogP contribution < -0.4 is 5.32 Å². The maximum Gasteiger partial charge on any atom is 0.0384 e. The summed E-state index contributed by atoms with van der Waals surface area (Å²) in [4.78, 5) is 0. The Labute approximate surface area is 126 Å². The molecule has 104 valence electrons. The van der Waals surface area contributed by atoms with Crippen molar-refractivity contribution in [1.82, 2.24) is 0 Å². The average Bonchev–Trinajstić information content (AvgIpc) is 2.57. The van der Waals surface area contributed by atoms with Gasteiger partial charge in [0.25, 0.3) is 0 Å². The number of para-hydroxylation sites is 1. The number of rotatable bonds is 4. The van der Waals surface area contributed by atoms with Gasteiger partial charge in [0.2, 0.25) is 0 Å². The largest absolute Gasteiger partial charge is 0.356 e. The van der Waals surface area contributed by atoms with E-state index in [9.17, 15) is 0 Å². The average molecular weight is 273 g/mol. The van der Waals surface area contributed by atoms with Gasteiger partial charge in [0, 0.05) is 17.3 Å². The monoisotopic (exact) mass is 273 g/mol. The molecule has 0 aliphatic rings. The van der Waals surface area contributed by atoms with E-state index in [2.05, 4.69) is 79.0 Å². The van der Waals surface area contributed by atoms with Gasteiger partial charge in [0.05, 0.1) is 0 Å². The Morgan fingerprint density at radius 3 is 1.67 bits per heavy atom. The van der Waals surface area contributed by atoms with Crippen LogP contribution in [0.3, 0.4) is 0 Å². The van der Waals surface area contributed by atoms with E-state index < -0.39 is 0 Å². The molecule has 1 atom stereocenters. The molecule has 0 fully saturated rings. The summed E-state index contributed by atoms with van der Waals surface area (Å²) >= 11 is 0. The van der Waals surface area contributed by atoms with Crippen molar-refractivity contribution >= 4 is 11.4 Å². The number of hydrogen-bond acceptors (Lipinski definition) is 1. The second-order valence-corrected chi connectivity index (χ2v) is 5.25. The summed E-state index contributed by atoms with van der Waals surface area (Å²) in [5, 5.41) is 3.41. The Morgan fingerprint density at radius 2 is 1.05 bits per heavy atom. The van der Waals surface area contributed by atoms with E-state index in [0.717, 1.165) is 11.4 Å². The lowest BCUT2D eigenvalue weighted by Gasteiger charge is -2.13. The van der Waals surface area contributed by atoms with Gasteiger partial charge in [-0.1, -0.05) is 67.6 Å². The van der Waals surface area contributed by atoms with E-state index in [0.29, 0.717) is 5.92 Å². The summed E-state index contributed by atoms with van der Waals surface area (Å²) in [5.41, 5.74) is 4.91. The van der Waals surface area contributed by atoms with Crippen LogP contribution in [0.2, 0.25) is 0 Å². The molecule has 1 N–H and O–H groups in total. The van der Waals surface area contributed by atoms with Crippen molar-refractivity contribution in [3.05, 3.63) is 96.1 Å². The first-order chi connectivity index (χ1) is 10.3. The van der Waals surface area contributed by atoms with Crippen LogP contribution in [0.15, 0.2) is 84.9 Å². The lowest BCUT2D eigenvalue weighted by Crippen LogP contribution is -1.96. The molecule has 0 aliphatic heterocycles. The van der Waals surface area contributed by atoms with E-state index >= 15 is 0 Å². The third-order valence-electron chi connectivity index (χ3n) is 3.77. The SMILES string of the molecule is C[C@H](c1ccccc1)c1ccc(Nc2ccccc2)cc1. The fourth-order valence-electron chi connectivity index (χ4n) is 2.48. The molecule has 1 nitrogen and oxygen atoms in total. The second-order valence-electron chi connectivity index (χ2n) is 5.25. The molecule has 21 heavy (non-hydrogen) atoms. The molecule has 1 heteroatoms. The second kappa shape index (κ2) is 6.27. The summed E-state index contributed by atoms with van der Waals surface area (Å²) in [6.45, 7) is 2.25. The van der Waals surface area contributed by atoms with Crippen molar-refractivity contribution < 1.29 is 0 Å². The number of benzene rings is 3. The number of hydrogen-bond donors (Lipinski definition) is 1. The minimum atomic E-state index is 0.414. The first kappa shape index (κ1) is 13.4. The highest BCUT2D eigenvalue weighted by atomic mass is 14.9. The molecule has 0 aromatic heterocycles. The molecule has 0 amide bonds. The van der Waals surface area contributed by atoms with Crippen LogP contribution >= 0.6 is 0 Å². The highest BCUT2D eigenvalue weighted by molar-refractivity contribution is 5.59. The summed E-state index contributed by atoms with van der Waals surface area (Å²) < 4.78 is 0. The zero-order valence-corrected chi connectivity index (χ0v) is 12.2. The van der Waals surface area contributed by atoms with Gasteiger partial charge in [-0.3, -0.25) is 0 Å². The summed E-state index contributed by atoms with van der Waals surface area (Å²) in [6.07, 6.45) is 0. The first-order valence-electron chi connectivity index (χ1n) is 7.30. The standard InChI is InChI=1S/C20H19N/c1-16(17-8-4-2-5-9-17)18-12-14-20(15-13-18)21-19-10-6-3-7-11-19/h2-16,21H,1H3/t16-/m1/s1. The Balaban J connectivity index is 1.75. The van der Waals surface area contributed by atoms with Crippen molar-refractivity contribution in [1.29, 1.82) is 0 Å². The van der Waals surface area contributed by atoms with Gasteiger partial charge in [-0.25, -0.2) is 0 Å². The van der Waals surface area contributed by atoms with Gasteiger partial charge in [0.1, 0.15) is 0 Å². The van der Waals surface area contributed by atoms with E-state index in [-0.39, 0.29) is 0 Å². The lowest BCUT2D eigenvalue weighted by atomic mass is 9.93. The maximum absolute atomic E-state index is 3.41. The van der Waals surface area contributed by atoms with Crippen LogP contribution in [0.25, 0.3) is 0 Å². The van der Waals surface area contributed by atoms with Crippen molar-refractivity contribution in [2.75, 3.05) is 5.32 Å². The quantitative estimate of drug-likeness (QED) is 0.654. The summed E-state index contributed by atoms with van der Waals surface area (Å²) in [6, 6.07) is 29.5. The van der Waals surface area contributed by atoms with E-state index in [1.807, 2.05) is 18.2 Å². The lowest BCUT2D eigenvalue weighted by molar-refractivity contribution is 0.923. The molecule has 0 bridgehead atoms. The number of nitrogens with one attached hydrogen (secondary N) is 1. The predicted octanol–water partition coefficient (Wildman–Crippen LogP) is 5.58. The van der Waals surface area contributed by atoms with Gasteiger partial charge in [0.15, 0.2) is 0 Å². The smallest absolute Gasteiger partial charge is 0.0384 e. The molecule has 0 spiro atoms. The minimum absolute atomic E-state index is 0.414. The minimum Gasteiger partial charge on any atom is -0.356 e. The van der Waals surface area contributed by atoms with Crippen LogP contribution in [0.4, 0.5) is 11.4 Å². The molecule has 0 heterocycles. The zero-order chi connectivity index (χ0) is 14.5. The zero-order valence-electron chi connectivity index (χ0n) is 12.2. The van der Waals surface area contributed by atoms with Crippen molar-refractivity contribution in [3.63, 3.8) is 0 Å². The third-order valence-corrected chi connectivity index (χ3v) is 3.77. The van der Waals surface area contributed by atoms with Crippen LogP contribution in [-0.2, 0) is 0 Å². The Bertz CT molecular complexity index is 672. The van der Waals surface area contributed by atoms with Crippen LogP contribution in [0, 0.1) is 0 Å². The highest BCUT2D eigenvalue weighted by Gasteiger charge is 2.07. The van der Waals surface area contributed by atoms with E-state index in [4.69, 9.17) is 0 Å². The molecule has 0 saturated carbocycles. The maximum atomic E-state index is 3.41. The van der Waals surface area contributed by atoms with Gasteiger partial charge >= 0.3 is 0 Å². The number of anilines is 2. The normalized spacial score (nSPS) is 11.9. The molecular formula is C20H19N. The topological polar surface area (TPSA) is 12.0 Å². The van der Waals surface area contributed by atoms with Gasteiger partial charge in [-0.05, 0) is 35.4 Å². The van der Waals surface area contributed by atoms with Crippen molar-refractivity contribution in [2.45, 2.75) is 12.8 Å². The summed E-state index contributed by atoms with van der Waals surface area (Å²) in [5.74, 6) is 0.414. The fourth-order valence-corrected chi connectivity index (χ4v) is 2.48.